The second-order valence-electron chi connectivity index (χ2n) is 10.4. The molecule has 1 aromatic heterocycles. The Bertz CT molecular complexity index is 1820. The maximum absolute atomic E-state index is 13.6. The van der Waals surface area contributed by atoms with Crippen molar-refractivity contribution >= 4 is 44.1 Å². The van der Waals surface area contributed by atoms with E-state index in [0.29, 0.717) is 0 Å². The monoisotopic (exact) mass is 782 g/mol. The third kappa shape index (κ3) is 14.3. The van der Waals surface area contributed by atoms with E-state index in [9.17, 15) is 39.8 Å². The number of esters is 1. The van der Waals surface area contributed by atoms with Crippen LogP contribution in [0.5, 0.6) is 5.75 Å². The first-order valence-corrected chi connectivity index (χ1v) is 18.6. The number of carbonyl (C=O) groups is 2. The summed E-state index contributed by atoms with van der Waals surface area (Å²) in [6, 6.07) is 4.24. The quantitative estimate of drug-likeness (QED) is 0.0285. The fourth-order valence-corrected chi connectivity index (χ4v) is 4.44. The van der Waals surface area contributed by atoms with Crippen molar-refractivity contribution in [2.75, 3.05) is 76.6 Å². The molecule has 2 aromatic carbocycles. The van der Waals surface area contributed by atoms with Gasteiger partial charge < -0.3 is 38.2 Å². The number of benzene rings is 2. The lowest BCUT2D eigenvalue weighted by molar-refractivity contribution is -0.136. The minimum Gasteiger partial charge on any atom is -0.461 e. The summed E-state index contributed by atoms with van der Waals surface area (Å²) < 4.78 is 124. The van der Waals surface area contributed by atoms with E-state index in [1.165, 1.54) is 24.5 Å². The van der Waals surface area contributed by atoms with Gasteiger partial charge in [0.1, 0.15) is 10.8 Å². The lowest BCUT2D eigenvalue weighted by Crippen LogP contribution is -2.17. The number of hydrogen-bond acceptors (Lipinski definition) is 15. The molecular formula is C30H34F4N4O12S2. The van der Waals surface area contributed by atoms with Gasteiger partial charge in [-0.3, -0.25) is 15.0 Å². The average Bonchev–Trinajstić information content (AvgIpc) is 3.59. The second-order valence-corrected chi connectivity index (χ2v) is 13.8. The van der Waals surface area contributed by atoms with E-state index in [1.807, 2.05) is 0 Å². The molecule has 286 valence electrons. The van der Waals surface area contributed by atoms with Crippen LogP contribution in [0.15, 0.2) is 33.9 Å². The Kier molecular flexibility index (Phi) is 16.7. The van der Waals surface area contributed by atoms with Crippen LogP contribution in [0.4, 0.5) is 23.2 Å². The molecule has 0 bridgehead atoms. The van der Waals surface area contributed by atoms with Gasteiger partial charge in [-0.2, -0.15) is 8.78 Å². The summed E-state index contributed by atoms with van der Waals surface area (Å²) in [4.78, 5) is 24.3. The van der Waals surface area contributed by atoms with Crippen LogP contribution in [-0.2, 0) is 53.9 Å². The van der Waals surface area contributed by atoms with Gasteiger partial charge in [-0.1, -0.05) is 5.10 Å². The van der Waals surface area contributed by atoms with Crippen LogP contribution in [0.2, 0.25) is 0 Å². The van der Waals surface area contributed by atoms with E-state index < -0.39 is 79.8 Å². The van der Waals surface area contributed by atoms with E-state index in [1.54, 1.807) is 0 Å². The van der Waals surface area contributed by atoms with Crippen molar-refractivity contribution in [3.63, 3.8) is 0 Å². The summed E-state index contributed by atoms with van der Waals surface area (Å²) in [6.45, 7) is 0.752. The fraction of sp³-hybridized carbons (Fsp3) is 0.433. The SMILES string of the molecule is CS(=O)c1nnc(-c2cc(NC(=O)CCOCCOCCOCCOCCC(=O)Oc3c(F)c(F)cc(F)c3F)cc(C(=N)OCS(C)(=O)=O)c2)o1. The number of anilines is 1. The minimum atomic E-state index is -3.55. The van der Waals surface area contributed by atoms with Crippen LogP contribution >= 0.6 is 0 Å². The first-order valence-electron chi connectivity index (χ1n) is 15.0. The zero-order valence-electron chi connectivity index (χ0n) is 27.7. The van der Waals surface area contributed by atoms with Gasteiger partial charge in [-0.05, 0) is 18.2 Å². The third-order valence-corrected chi connectivity index (χ3v) is 7.33. The smallest absolute Gasteiger partial charge is 0.313 e. The number of rotatable bonds is 22. The summed E-state index contributed by atoms with van der Waals surface area (Å²) in [5.41, 5.74) is 0.537. The second kappa shape index (κ2) is 20.6. The molecule has 2 N–H and O–H groups in total. The van der Waals surface area contributed by atoms with Gasteiger partial charge >= 0.3 is 11.2 Å². The van der Waals surface area contributed by atoms with Gasteiger partial charge in [-0.15, -0.1) is 5.10 Å². The maximum atomic E-state index is 13.6. The highest BCUT2D eigenvalue weighted by Crippen LogP contribution is 2.27. The van der Waals surface area contributed by atoms with E-state index in [-0.39, 0.29) is 93.3 Å². The normalized spacial score (nSPS) is 12.0. The van der Waals surface area contributed by atoms with E-state index in [0.717, 1.165) is 6.26 Å². The molecule has 0 aliphatic carbocycles. The Morgan fingerprint density at radius 1 is 0.846 bits per heavy atom. The summed E-state index contributed by atoms with van der Waals surface area (Å²) in [7, 11) is -5.11. The number of nitrogens with one attached hydrogen (secondary N) is 2. The third-order valence-electron chi connectivity index (χ3n) is 6.12. The molecule has 0 fully saturated rings. The topological polar surface area (TPSA) is 216 Å². The molecule has 3 rings (SSSR count). The van der Waals surface area contributed by atoms with Crippen LogP contribution in [0, 0.1) is 28.7 Å². The average molecular weight is 783 g/mol. The largest absolute Gasteiger partial charge is 0.461 e. The summed E-state index contributed by atoms with van der Waals surface area (Å²) in [5, 5.41) is 18.2. The predicted octanol–water partition coefficient (Wildman–Crippen LogP) is 2.77. The summed E-state index contributed by atoms with van der Waals surface area (Å²) in [6.07, 6.45) is 1.78. The first-order chi connectivity index (χ1) is 24.6. The number of halogens is 4. The number of sulfone groups is 1. The molecule has 0 spiro atoms. The number of amides is 1. The molecule has 1 atom stereocenters. The molecule has 16 nitrogen and oxygen atoms in total. The number of ether oxygens (including phenoxy) is 6. The van der Waals surface area contributed by atoms with Gasteiger partial charge in [0.2, 0.25) is 35.1 Å². The van der Waals surface area contributed by atoms with Crippen LogP contribution in [0.25, 0.3) is 11.5 Å². The molecule has 0 saturated heterocycles. The Balaban J connectivity index is 1.29. The summed E-state index contributed by atoms with van der Waals surface area (Å²) in [5.74, 6) is -11.4. The van der Waals surface area contributed by atoms with E-state index >= 15 is 0 Å². The molecule has 1 unspecified atom stereocenters. The van der Waals surface area contributed by atoms with Gasteiger partial charge in [-0.25, -0.2) is 21.4 Å². The summed E-state index contributed by atoms with van der Waals surface area (Å²) >= 11 is 0. The molecule has 0 aliphatic rings. The highest BCUT2D eigenvalue weighted by molar-refractivity contribution is 7.90. The van der Waals surface area contributed by atoms with Crippen molar-refractivity contribution in [3.8, 4) is 17.2 Å². The molecule has 1 amide bonds. The van der Waals surface area contributed by atoms with Crippen molar-refractivity contribution in [1.82, 2.24) is 10.2 Å². The lowest BCUT2D eigenvalue weighted by atomic mass is 10.1. The highest BCUT2D eigenvalue weighted by Gasteiger charge is 2.23. The van der Waals surface area contributed by atoms with Gasteiger partial charge in [0.25, 0.3) is 0 Å². The molecule has 22 heteroatoms. The number of aromatic nitrogens is 2. The maximum Gasteiger partial charge on any atom is 0.313 e. The highest BCUT2D eigenvalue weighted by atomic mass is 32.2. The van der Waals surface area contributed by atoms with Gasteiger partial charge in [0.15, 0.2) is 27.4 Å². The number of hydrogen-bond donors (Lipinski definition) is 2. The van der Waals surface area contributed by atoms with Crippen LogP contribution in [0.3, 0.4) is 0 Å². The predicted molar refractivity (Wildman–Crippen MR) is 173 cm³/mol. The first kappa shape index (κ1) is 42.1. The van der Waals surface area contributed by atoms with Crippen LogP contribution in [0.1, 0.15) is 18.4 Å². The zero-order chi connectivity index (χ0) is 38.3. The van der Waals surface area contributed by atoms with E-state index in [2.05, 4.69) is 20.3 Å². The molecule has 3 aromatic rings. The van der Waals surface area contributed by atoms with Crippen LogP contribution < -0.4 is 10.1 Å². The molecule has 0 radical (unpaired) electrons. The molecular weight excluding hydrogens is 748 g/mol. The molecule has 0 aliphatic heterocycles. The van der Waals surface area contributed by atoms with Crippen molar-refractivity contribution in [1.29, 1.82) is 5.41 Å². The Morgan fingerprint density at radius 2 is 1.40 bits per heavy atom. The number of nitrogens with zero attached hydrogens (tertiary/aromatic N) is 2. The molecule has 52 heavy (non-hydrogen) atoms. The van der Waals surface area contributed by atoms with Crippen LogP contribution in [-0.4, -0.2) is 112 Å². The van der Waals surface area contributed by atoms with Gasteiger partial charge in [0, 0.05) is 35.4 Å². The Hall–Kier alpha value is -4.35. The molecule has 0 saturated carbocycles. The fourth-order valence-electron chi connectivity index (χ4n) is 3.76. The number of carbonyl (C=O) groups excluding carboxylic acids is 2. The Labute approximate surface area is 296 Å². The van der Waals surface area contributed by atoms with E-state index in [4.69, 9.17) is 33.5 Å². The van der Waals surface area contributed by atoms with Crippen molar-refractivity contribution < 1.29 is 72.6 Å². The Morgan fingerprint density at radius 3 is 1.94 bits per heavy atom. The standard InChI is InChI=1S/C30H34F4N4O12S2/c1-51(41)30-38-37-29(50-30)19-13-18(28(35)48-17-52(2,42)43)14-20(15-19)36-23(39)3-5-44-7-9-46-11-12-47-10-8-45-6-4-24(40)49-27-25(33)21(31)16-22(32)26(27)34/h13-16,35H,3-12,17H2,1-2H3,(H,36,39). The van der Waals surface area contributed by atoms with Crippen molar-refractivity contribution in [2.45, 2.75) is 18.1 Å². The minimum absolute atomic E-state index is 0.00799. The lowest BCUT2D eigenvalue weighted by Gasteiger charge is -2.11. The van der Waals surface area contributed by atoms with Gasteiger partial charge in [0.05, 0.1) is 65.7 Å². The molecule has 1 heterocycles. The zero-order valence-corrected chi connectivity index (χ0v) is 29.3. The van der Waals surface area contributed by atoms with Crippen molar-refractivity contribution in [3.05, 3.63) is 53.1 Å². The van der Waals surface area contributed by atoms with Crippen molar-refractivity contribution in [2.24, 2.45) is 0 Å².